The Morgan fingerprint density at radius 2 is 2.00 bits per heavy atom. The average molecular weight is 270 g/mol. The Labute approximate surface area is 117 Å². The second kappa shape index (κ2) is 8.54. The lowest BCUT2D eigenvalue weighted by Gasteiger charge is -2.29. The van der Waals surface area contributed by atoms with Gasteiger partial charge in [0.1, 0.15) is 6.04 Å². The number of hydrogen-bond acceptors (Lipinski definition) is 4. The monoisotopic (exact) mass is 270 g/mol. The third-order valence-electron chi connectivity index (χ3n) is 3.97. The summed E-state index contributed by atoms with van der Waals surface area (Å²) < 4.78 is 4.88. The van der Waals surface area contributed by atoms with Crippen molar-refractivity contribution in [3.63, 3.8) is 0 Å². The zero-order chi connectivity index (χ0) is 14.3. The van der Waals surface area contributed by atoms with Crippen LogP contribution in [0.3, 0.4) is 0 Å². The molecule has 4 nitrogen and oxygen atoms in total. The SMILES string of the molecule is CCN(CCC(NC(C)C)C(=O)OC)C1CCCC1. The van der Waals surface area contributed by atoms with Crippen LogP contribution in [0.4, 0.5) is 0 Å². The lowest BCUT2D eigenvalue weighted by Crippen LogP contribution is -2.45. The Morgan fingerprint density at radius 1 is 1.37 bits per heavy atom. The Morgan fingerprint density at radius 3 is 2.47 bits per heavy atom. The van der Waals surface area contributed by atoms with E-state index in [9.17, 15) is 4.79 Å². The Hall–Kier alpha value is -0.610. The molecule has 1 N–H and O–H groups in total. The third-order valence-corrected chi connectivity index (χ3v) is 3.97. The van der Waals surface area contributed by atoms with Crippen LogP contribution >= 0.6 is 0 Å². The summed E-state index contributed by atoms with van der Waals surface area (Å²) in [7, 11) is 1.46. The lowest BCUT2D eigenvalue weighted by molar-refractivity contribution is -0.143. The molecule has 0 aromatic rings. The average Bonchev–Trinajstić information content (AvgIpc) is 2.90. The van der Waals surface area contributed by atoms with Crippen LogP contribution in [0, 0.1) is 0 Å². The van der Waals surface area contributed by atoms with Crippen molar-refractivity contribution >= 4 is 5.97 Å². The van der Waals surface area contributed by atoms with E-state index in [1.54, 1.807) is 0 Å². The predicted molar refractivity (Wildman–Crippen MR) is 78.2 cm³/mol. The highest BCUT2D eigenvalue weighted by molar-refractivity contribution is 5.75. The first-order valence-corrected chi connectivity index (χ1v) is 7.66. The number of carbonyl (C=O) groups is 1. The van der Waals surface area contributed by atoms with Gasteiger partial charge in [-0.25, -0.2) is 0 Å². The summed E-state index contributed by atoms with van der Waals surface area (Å²) in [5.41, 5.74) is 0. The first kappa shape index (κ1) is 16.4. The molecule has 0 spiro atoms. The standard InChI is InChI=1S/C15H30N2O2/c1-5-17(13-8-6-7-9-13)11-10-14(15(18)19-4)16-12(2)3/h12-14,16H,5-11H2,1-4H3. The van der Waals surface area contributed by atoms with Crippen LogP contribution in [-0.4, -0.2) is 49.2 Å². The van der Waals surface area contributed by atoms with Gasteiger partial charge in [0.25, 0.3) is 0 Å². The molecular formula is C15H30N2O2. The number of methoxy groups -OCH3 is 1. The third kappa shape index (κ3) is 5.49. The molecular weight excluding hydrogens is 240 g/mol. The van der Waals surface area contributed by atoms with Crippen molar-refractivity contribution in [3.05, 3.63) is 0 Å². The minimum absolute atomic E-state index is 0.142. The van der Waals surface area contributed by atoms with E-state index in [2.05, 4.69) is 31.0 Å². The maximum absolute atomic E-state index is 11.8. The molecule has 0 radical (unpaired) electrons. The second-order valence-electron chi connectivity index (χ2n) is 5.75. The van der Waals surface area contributed by atoms with Crippen LogP contribution in [0.15, 0.2) is 0 Å². The largest absolute Gasteiger partial charge is 0.468 e. The lowest BCUT2D eigenvalue weighted by atomic mass is 10.1. The molecule has 4 heteroatoms. The second-order valence-corrected chi connectivity index (χ2v) is 5.75. The van der Waals surface area contributed by atoms with Gasteiger partial charge in [0.2, 0.25) is 0 Å². The minimum Gasteiger partial charge on any atom is -0.468 e. The predicted octanol–water partition coefficient (Wildman–Crippen LogP) is 2.18. The fraction of sp³-hybridized carbons (Fsp3) is 0.933. The summed E-state index contributed by atoms with van der Waals surface area (Å²) in [4.78, 5) is 14.3. The van der Waals surface area contributed by atoms with Gasteiger partial charge in [0.05, 0.1) is 7.11 Å². The topological polar surface area (TPSA) is 41.6 Å². The summed E-state index contributed by atoms with van der Waals surface area (Å²) in [6.07, 6.45) is 6.16. The van der Waals surface area contributed by atoms with Crippen LogP contribution < -0.4 is 5.32 Å². The van der Waals surface area contributed by atoms with Gasteiger partial charge in [0.15, 0.2) is 0 Å². The molecule has 0 aromatic heterocycles. The minimum atomic E-state index is -0.180. The van der Waals surface area contributed by atoms with E-state index in [-0.39, 0.29) is 12.0 Å². The number of ether oxygens (including phenoxy) is 1. The van der Waals surface area contributed by atoms with Crippen molar-refractivity contribution in [1.29, 1.82) is 0 Å². The molecule has 1 aliphatic carbocycles. The Balaban J connectivity index is 2.45. The summed E-state index contributed by atoms with van der Waals surface area (Å²) in [6.45, 7) is 8.37. The normalized spacial score (nSPS) is 18.2. The smallest absolute Gasteiger partial charge is 0.322 e. The molecule has 19 heavy (non-hydrogen) atoms. The number of esters is 1. The number of hydrogen-bond donors (Lipinski definition) is 1. The van der Waals surface area contributed by atoms with E-state index in [1.165, 1.54) is 32.8 Å². The fourth-order valence-electron chi connectivity index (χ4n) is 2.98. The van der Waals surface area contributed by atoms with Gasteiger partial charge >= 0.3 is 5.97 Å². The highest BCUT2D eigenvalue weighted by atomic mass is 16.5. The van der Waals surface area contributed by atoms with Gasteiger partial charge in [-0.3, -0.25) is 4.79 Å². The maximum Gasteiger partial charge on any atom is 0.322 e. The van der Waals surface area contributed by atoms with E-state index in [0.29, 0.717) is 6.04 Å². The molecule has 0 aliphatic heterocycles. The van der Waals surface area contributed by atoms with E-state index in [1.807, 2.05) is 0 Å². The highest BCUT2D eigenvalue weighted by Crippen LogP contribution is 2.23. The first-order chi connectivity index (χ1) is 9.08. The van der Waals surface area contributed by atoms with E-state index >= 15 is 0 Å². The summed E-state index contributed by atoms with van der Waals surface area (Å²) in [5, 5.41) is 3.30. The molecule has 112 valence electrons. The van der Waals surface area contributed by atoms with Gasteiger partial charge < -0.3 is 15.0 Å². The molecule has 1 saturated carbocycles. The van der Waals surface area contributed by atoms with Crippen LogP contribution in [0.1, 0.15) is 52.9 Å². The van der Waals surface area contributed by atoms with Crippen LogP contribution in [0.2, 0.25) is 0 Å². The van der Waals surface area contributed by atoms with Gasteiger partial charge in [0, 0.05) is 18.6 Å². The van der Waals surface area contributed by atoms with Crippen molar-refractivity contribution < 1.29 is 9.53 Å². The summed E-state index contributed by atoms with van der Waals surface area (Å²) in [6, 6.07) is 0.841. The van der Waals surface area contributed by atoms with Crippen molar-refractivity contribution in [2.75, 3.05) is 20.2 Å². The van der Waals surface area contributed by atoms with Gasteiger partial charge in [-0.05, 0) is 25.8 Å². The fourth-order valence-corrected chi connectivity index (χ4v) is 2.98. The van der Waals surface area contributed by atoms with Crippen LogP contribution in [0.25, 0.3) is 0 Å². The molecule has 0 aromatic carbocycles. The number of rotatable bonds is 8. The molecule has 0 heterocycles. The molecule has 0 amide bonds. The molecule has 1 rings (SSSR count). The van der Waals surface area contributed by atoms with E-state index in [0.717, 1.165) is 25.6 Å². The van der Waals surface area contributed by atoms with E-state index in [4.69, 9.17) is 4.74 Å². The molecule has 1 fully saturated rings. The summed E-state index contributed by atoms with van der Waals surface area (Å²) in [5.74, 6) is -0.142. The first-order valence-electron chi connectivity index (χ1n) is 7.66. The van der Waals surface area contributed by atoms with Crippen LogP contribution in [0.5, 0.6) is 0 Å². The zero-order valence-corrected chi connectivity index (χ0v) is 12.9. The van der Waals surface area contributed by atoms with Gasteiger partial charge in [-0.2, -0.15) is 0 Å². The van der Waals surface area contributed by atoms with Crippen molar-refractivity contribution in [1.82, 2.24) is 10.2 Å². The van der Waals surface area contributed by atoms with Crippen molar-refractivity contribution in [2.24, 2.45) is 0 Å². The Bertz CT molecular complexity index is 263. The molecule has 1 atom stereocenters. The molecule has 1 aliphatic rings. The van der Waals surface area contributed by atoms with Crippen molar-refractivity contribution in [3.8, 4) is 0 Å². The molecule has 0 bridgehead atoms. The van der Waals surface area contributed by atoms with Crippen molar-refractivity contribution in [2.45, 2.75) is 71.0 Å². The maximum atomic E-state index is 11.8. The zero-order valence-electron chi connectivity index (χ0n) is 12.9. The van der Waals surface area contributed by atoms with Gasteiger partial charge in [-0.1, -0.05) is 33.6 Å². The highest BCUT2D eigenvalue weighted by Gasteiger charge is 2.24. The molecule has 0 saturated heterocycles. The van der Waals surface area contributed by atoms with Gasteiger partial charge in [-0.15, -0.1) is 0 Å². The molecule has 1 unspecified atom stereocenters. The number of carbonyl (C=O) groups excluding carboxylic acids is 1. The number of nitrogens with zero attached hydrogens (tertiary/aromatic N) is 1. The Kier molecular flexibility index (Phi) is 7.39. The number of nitrogens with one attached hydrogen (secondary N) is 1. The van der Waals surface area contributed by atoms with E-state index < -0.39 is 0 Å². The quantitative estimate of drug-likeness (QED) is 0.686. The summed E-state index contributed by atoms with van der Waals surface area (Å²) >= 11 is 0. The van der Waals surface area contributed by atoms with Crippen LogP contribution in [-0.2, 0) is 9.53 Å².